The summed E-state index contributed by atoms with van der Waals surface area (Å²) in [6.07, 6.45) is -5.83. The molecule has 3 aliphatic heterocycles. The fourth-order valence-electron chi connectivity index (χ4n) is 4.61. The minimum Gasteiger partial charge on any atom is -0.457 e. The number of carbonyl (C=O) groups excluding carboxylic acids is 3. The summed E-state index contributed by atoms with van der Waals surface area (Å²) in [7, 11) is -6.05. The van der Waals surface area contributed by atoms with E-state index in [1.54, 1.807) is 13.8 Å². The molecule has 3 rings (SSSR count). The van der Waals surface area contributed by atoms with Gasteiger partial charge in [-0.05, 0) is 12.8 Å². The van der Waals surface area contributed by atoms with Gasteiger partial charge in [0, 0.05) is 5.92 Å². The summed E-state index contributed by atoms with van der Waals surface area (Å²) in [5, 5.41) is 14.3. The Bertz CT molecular complexity index is 920. The van der Waals surface area contributed by atoms with Crippen LogP contribution in [0.1, 0.15) is 39.5 Å². The first-order valence-corrected chi connectivity index (χ1v) is 12.6. The lowest BCUT2D eigenvalue weighted by Gasteiger charge is -2.40. The quantitative estimate of drug-likeness (QED) is 0.156. The third kappa shape index (κ3) is 4.45. The number of hydrogen-bond acceptors (Lipinski definition) is 11. The molecule has 3 fully saturated rings. The lowest BCUT2D eigenvalue weighted by atomic mass is 9.67. The van der Waals surface area contributed by atoms with Crippen molar-refractivity contribution in [2.45, 2.75) is 79.4 Å². The number of halogens is 2. The number of esters is 3. The minimum absolute atomic E-state index is 0.294. The molecule has 0 saturated carbocycles. The van der Waals surface area contributed by atoms with Gasteiger partial charge in [0.05, 0.1) is 34.9 Å². The first-order valence-electron chi connectivity index (χ1n) is 10.2. The van der Waals surface area contributed by atoms with Crippen LogP contribution >= 0.6 is 11.8 Å². The highest BCUT2D eigenvalue weighted by Gasteiger charge is 2.72. The number of fused-ring (bicyclic) bond motifs is 1. The van der Waals surface area contributed by atoms with Crippen molar-refractivity contribution in [2.24, 2.45) is 11.8 Å². The Morgan fingerprint density at radius 2 is 1.76 bits per heavy atom. The maximum absolute atomic E-state index is 13.2. The number of aliphatic hydroxyl groups excluding tert-OH is 1. The van der Waals surface area contributed by atoms with Crippen molar-refractivity contribution < 1.29 is 60.6 Å². The molecule has 33 heavy (non-hydrogen) atoms. The predicted octanol–water partition coefficient (Wildman–Crippen LogP) is 0.227. The molecule has 0 aromatic carbocycles. The zero-order valence-electron chi connectivity index (χ0n) is 17.5. The predicted molar refractivity (Wildman–Crippen MR) is 105 cm³/mol. The summed E-state index contributed by atoms with van der Waals surface area (Å²) in [6, 6.07) is 0. The van der Waals surface area contributed by atoms with Gasteiger partial charge < -0.3 is 24.4 Å². The van der Waals surface area contributed by atoms with E-state index >= 15 is 0 Å². The second kappa shape index (κ2) is 8.91. The second-order valence-electron chi connectivity index (χ2n) is 8.16. The van der Waals surface area contributed by atoms with Crippen molar-refractivity contribution in [3.05, 3.63) is 0 Å². The van der Waals surface area contributed by atoms with Crippen LogP contribution in [0.3, 0.4) is 0 Å². The molecule has 0 radical (unpaired) electrons. The Labute approximate surface area is 191 Å². The molecule has 0 aromatic heterocycles. The van der Waals surface area contributed by atoms with Gasteiger partial charge in [0.25, 0.3) is 6.29 Å². The highest BCUT2D eigenvalue weighted by Crippen LogP contribution is 2.62. The second-order valence-corrected chi connectivity index (χ2v) is 11.0. The van der Waals surface area contributed by atoms with E-state index in [4.69, 9.17) is 19.1 Å². The largest absolute Gasteiger partial charge is 0.457 e. The van der Waals surface area contributed by atoms with Crippen molar-refractivity contribution in [3.63, 3.8) is 0 Å². The van der Waals surface area contributed by atoms with E-state index in [0.717, 1.165) is 0 Å². The van der Waals surface area contributed by atoms with Gasteiger partial charge in [0.15, 0.2) is 12.2 Å². The van der Waals surface area contributed by atoms with Crippen LogP contribution in [0.4, 0.5) is 8.78 Å². The van der Waals surface area contributed by atoms with Gasteiger partial charge >= 0.3 is 33.3 Å². The SMILES string of the molecule is CCC(O)(CC)C1C2SC3C(OC(=O)C31)C2OC(=O)CCC(=O)OC(O)C(F)(F)S(=O)(=O)O. The van der Waals surface area contributed by atoms with Gasteiger partial charge in [0.2, 0.25) is 0 Å². The molecule has 0 aromatic rings. The lowest BCUT2D eigenvalue weighted by Crippen LogP contribution is -2.53. The van der Waals surface area contributed by atoms with Crippen LogP contribution in [0.5, 0.6) is 0 Å². The standard InChI is InChI=1S/C18H24F2O11S2/c1-3-17(25,4-2)10-9-13-11(31-15(9)23)12(14(10)32-13)29-7(21)5-6-8(22)30-16(24)18(19,20)33(26,27)28/h9-14,16,24-25H,3-6H2,1-2H3,(H,26,27,28). The summed E-state index contributed by atoms with van der Waals surface area (Å²) < 4.78 is 70.6. The van der Waals surface area contributed by atoms with Gasteiger partial charge in [-0.2, -0.15) is 17.2 Å². The highest BCUT2D eigenvalue weighted by atomic mass is 32.2. The summed E-state index contributed by atoms with van der Waals surface area (Å²) in [6.45, 7) is 3.56. The molecule has 7 atom stereocenters. The number of rotatable bonds is 10. The molecule has 0 spiro atoms. The number of ether oxygens (including phenoxy) is 3. The van der Waals surface area contributed by atoms with Crippen LogP contribution in [0.25, 0.3) is 0 Å². The summed E-state index contributed by atoms with van der Waals surface area (Å²) >= 11 is 1.40. The minimum atomic E-state index is -6.05. The number of hydrogen-bond donors (Lipinski definition) is 3. The van der Waals surface area contributed by atoms with Crippen LogP contribution in [-0.4, -0.2) is 80.9 Å². The molecule has 3 heterocycles. The maximum atomic E-state index is 13.2. The number of thioether (sulfide) groups is 1. The molecule has 0 aliphatic carbocycles. The zero-order valence-corrected chi connectivity index (χ0v) is 19.2. The van der Waals surface area contributed by atoms with Crippen LogP contribution < -0.4 is 0 Å². The Balaban J connectivity index is 1.60. The summed E-state index contributed by atoms with van der Waals surface area (Å²) in [4.78, 5) is 36.3. The fourth-order valence-corrected chi connectivity index (χ4v) is 7.05. The van der Waals surface area contributed by atoms with Crippen molar-refractivity contribution >= 4 is 39.8 Å². The van der Waals surface area contributed by atoms with Crippen molar-refractivity contribution in [1.82, 2.24) is 0 Å². The van der Waals surface area contributed by atoms with Crippen molar-refractivity contribution in [2.75, 3.05) is 0 Å². The maximum Gasteiger partial charge on any atom is 0.430 e. The molecule has 3 N–H and O–H groups in total. The average Bonchev–Trinajstić information content (AvgIpc) is 3.34. The van der Waals surface area contributed by atoms with Crippen molar-refractivity contribution in [1.29, 1.82) is 0 Å². The first kappa shape index (κ1) is 26.1. The van der Waals surface area contributed by atoms with E-state index in [2.05, 4.69) is 4.74 Å². The van der Waals surface area contributed by atoms with Crippen LogP contribution in [-0.2, 0) is 38.7 Å². The molecule has 11 nitrogen and oxygen atoms in total. The number of aliphatic hydroxyl groups is 2. The Morgan fingerprint density at radius 1 is 1.18 bits per heavy atom. The molecule has 3 saturated heterocycles. The first-order chi connectivity index (χ1) is 15.2. The van der Waals surface area contributed by atoms with Gasteiger partial charge in [-0.25, -0.2) is 0 Å². The van der Waals surface area contributed by atoms with Crippen LogP contribution in [0.2, 0.25) is 0 Å². The Hall–Kier alpha value is -1.55. The lowest BCUT2D eigenvalue weighted by molar-refractivity contribution is -0.205. The van der Waals surface area contributed by atoms with Crippen LogP contribution in [0.15, 0.2) is 0 Å². The molecule has 15 heteroatoms. The van der Waals surface area contributed by atoms with Crippen molar-refractivity contribution in [3.8, 4) is 0 Å². The molecule has 0 amide bonds. The highest BCUT2D eigenvalue weighted by molar-refractivity contribution is 8.01. The third-order valence-corrected chi connectivity index (χ3v) is 9.07. The topological polar surface area (TPSA) is 174 Å². The normalized spacial score (nSPS) is 31.9. The Morgan fingerprint density at radius 3 is 2.30 bits per heavy atom. The van der Waals surface area contributed by atoms with Gasteiger partial charge in [-0.3, -0.25) is 18.9 Å². The van der Waals surface area contributed by atoms with Crippen LogP contribution in [0, 0.1) is 11.8 Å². The molecular formula is C18H24F2O11S2. The molecule has 3 aliphatic rings. The zero-order chi connectivity index (χ0) is 24.9. The molecular weight excluding hydrogens is 494 g/mol. The van der Waals surface area contributed by atoms with E-state index < -0.39 is 87.3 Å². The summed E-state index contributed by atoms with van der Waals surface area (Å²) in [5.41, 5.74) is -1.17. The van der Waals surface area contributed by atoms with Gasteiger partial charge in [0.1, 0.15) is 0 Å². The fraction of sp³-hybridized carbons (Fsp3) is 0.833. The third-order valence-electron chi connectivity index (χ3n) is 6.43. The molecule has 2 bridgehead atoms. The summed E-state index contributed by atoms with van der Waals surface area (Å²) in [5.74, 6) is -3.99. The smallest absolute Gasteiger partial charge is 0.430 e. The average molecular weight is 519 g/mol. The monoisotopic (exact) mass is 518 g/mol. The number of alkyl halides is 2. The van der Waals surface area contributed by atoms with E-state index in [0.29, 0.717) is 12.8 Å². The van der Waals surface area contributed by atoms with E-state index in [1.807, 2.05) is 0 Å². The van der Waals surface area contributed by atoms with E-state index in [1.165, 1.54) is 11.8 Å². The molecule has 7 unspecified atom stereocenters. The number of carbonyl (C=O) groups is 3. The van der Waals surface area contributed by atoms with Gasteiger partial charge in [-0.1, -0.05) is 13.8 Å². The van der Waals surface area contributed by atoms with Gasteiger partial charge in [-0.15, -0.1) is 11.8 Å². The van der Waals surface area contributed by atoms with E-state index in [-0.39, 0.29) is 5.25 Å². The Kier molecular flexibility index (Phi) is 7.03. The van der Waals surface area contributed by atoms with E-state index in [9.17, 15) is 36.7 Å². The molecule has 188 valence electrons.